The average Bonchev–Trinajstić information content (AvgIpc) is 2.57. The summed E-state index contributed by atoms with van der Waals surface area (Å²) in [5, 5.41) is 16.3. The predicted molar refractivity (Wildman–Crippen MR) is 94.4 cm³/mol. The van der Waals surface area contributed by atoms with Gasteiger partial charge in [0, 0.05) is 5.56 Å². The highest BCUT2D eigenvalue weighted by Crippen LogP contribution is 2.29. The van der Waals surface area contributed by atoms with Gasteiger partial charge in [0.25, 0.3) is 11.6 Å². The van der Waals surface area contributed by atoms with Gasteiger partial charge in [0.05, 0.1) is 17.6 Å². The molecule has 2 N–H and O–H groups in total. The molecule has 2 aromatic rings. The van der Waals surface area contributed by atoms with Gasteiger partial charge in [-0.1, -0.05) is 18.2 Å². The zero-order valence-corrected chi connectivity index (χ0v) is 13.6. The first-order chi connectivity index (χ1) is 11.5. The molecule has 0 aliphatic carbocycles. The van der Waals surface area contributed by atoms with Gasteiger partial charge < -0.3 is 10.1 Å². The van der Waals surface area contributed by atoms with Crippen LogP contribution in [0.15, 0.2) is 48.5 Å². The topological polar surface area (TPSA) is 93.5 Å². The summed E-state index contributed by atoms with van der Waals surface area (Å²) in [6, 6.07) is 12.9. The second-order valence-corrected chi connectivity index (χ2v) is 5.05. The first-order valence-electron chi connectivity index (χ1n) is 7.10. The van der Waals surface area contributed by atoms with Gasteiger partial charge in [-0.15, -0.1) is 0 Å². The van der Waals surface area contributed by atoms with Crippen LogP contribution < -0.4 is 15.4 Å². The third kappa shape index (κ3) is 4.50. The van der Waals surface area contributed by atoms with Crippen molar-refractivity contribution in [3.8, 4) is 5.75 Å². The Bertz CT molecular complexity index is 765. The lowest BCUT2D eigenvalue weighted by atomic mass is 10.2. The Morgan fingerprint density at radius 3 is 2.58 bits per heavy atom. The number of benzene rings is 2. The fraction of sp³-hybridized carbons (Fsp3) is 0.125. The number of nitrogens with zero attached hydrogens (tertiary/aromatic N) is 1. The summed E-state index contributed by atoms with van der Waals surface area (Å²) < 4.78 is 5.24. The van der Waals surface area contributed by atoms with Crippen molar-refractivity contribution in [3.63, 3.8) is 0 Å². The SMILES string of the molecule is CCOc1ccc(NC(=S)NC(=O)c2ccccc2)c([N+](=O)[O-])c1. The summed E-state index contributed by atoms with van der Waals surface area (Å²) in [4.78, 5) is 22.6. The number of nitro benzene ring substituents is 1. The highest BCUT2D eigenvalue weighted by molar-refractivity contribution is 7.80. The van der Waals surface area contributed by atoms with Crippen molar-refractivity contribution in [1.82, 2.24) is 5.32 Å². The first kappa shape index (κ1) is 17.4. The van der Waals surface area contributed by atoms with E-state index in [0.29, 0.717) is 17.9 Å². The Morgan fingerprint density at radius 2 is 1.96 bits per heavy atom. The van der Waals surface area contributed by atoms with Gasteiger partial charge in [-0.05, 0) is 43.4 Å². The number of carbonyl (C=O) groups excluding carboxylic acids is 1. The summed E-state index contributed by atoms with van der Waals surface area (Å²) in [5.41, 5.74) is 0.405. The number of carbonyl (C=O) groups is 1. The molecule has 0 bridgehead atoms. The van der Waals surface area contributed by atoms with Crippen LogP contribution in [0, 0.1) is 10.1 Å². The number of rotatable bonds is 5. The maximum Gasteiger partial charge on any atom is 0.296 e. The lowest BCUT2D eigenvalue weighted by molar-refractivity contribution is -0.384. The molecule has 0 aromatic heterocycles. The molecule has 0 spiro atoms. The van der Waals surface area contributed by atoms with Gasteiger partial charge in [-0.3, -0.25) is 20.2 Å². The first-order valence-corrected chi connectivity index (χ1v) is 7.50. The Kier molecular flexibility index (Phi) is 5.80. The molecule has 0 atom stereocenters. The van der Waals surface area contributed by atoms with Crippen LogP contribution in [0.3, 0.4) is 0 Å². The van der Waals surface area contributed by atoms with E-state index >= 15 is 0 Å². The molecule has 0 fully saturated rings. The molecule has 2 aromatic carbocycles. The summed E-state index contributed by atoms with van der Waals surface area (Å²) >= 11 is 5.05. The van der Waals surface area contributed by atoms with Crippen LogP contribution in [0.5, 0.6) is 5.75 Å². The fourth-order valence-corrected chi connectivity index (χ4v) is 2.15. The molecule has 0 heterocycles. The highest BCUT2D eigenvalue weighted by Gasteiger charge is 2.17. The number of hydrogen-bond acceptors (Lipinski definition) is 5. The van der Waals surface area contributed by atoms with Crippen molar-refractivity contribution in [2.24, 2.45) is 0 Å². The molecular weight excluding hydrogens is 330 g/mol. The molecule has 0 aliphatic heterocycles. The van der Waals surface area contributed by atoms with Gasteiger partial charge in [-0.25, -0.2) is 0 Å². The number of ether oxygens (including phenoxy) is 1. The normalized spacial score (nSPS) is 9.88. The minimum Gasteiger partial charge on any atom is -0.494 e. The van der Waals surface area contributed by atoms with E-state index in [1.165, 1.54) is 12.1 Å². The molecular formula is C16H15N3O4S. The molecule has 0 saturated carbocycles. The average molecular weight is 345 g/mol. The van der Waals surface area contributed by atoms with Crippen molar-refractivity contribution >= 4 is 34.6 Å². The Hall–Kier alpha value is -3.00. The molecule has 0 unspecified atom stereocenters. The maximum atomic E-state index is 12.0. The minimum absolute atomic E-state index is 0.0314. The van der Waals surface area contributed by atoms with Gasteiger partial charge >= 0.3 is 0 Å². The molecule has 8 heteroatoms. The van der Waals surface area contributed by atoms with Crippen molar-refractivity contribution in [2.75, 3.05) is 11.9 Å². The van der Waals surface area contributed by atoms with E-state index in [4.69, 9.17) is 17.0 Å². The predicted octanol–water partition coefficient (Wildman–Crippen LogP) is 3.12. The van der Waals surface area contributed by atoms with Gasteiger partial charge in [-0.2, -0.15) is 0 Å². The molecule has 2 rings (SSSR count). The summed E-state index contributed by atoms with van der Waals surface area (Å²) in [6.45, 7) is 2.18. The standard InChI is InChI=1S/C16H15N3O4S/c1-2-23-12-8-9-13(14(10-12)19(21)22)17-16(24)18-15(20)11-6-4-3-5-7-11/h3-10H,2H2,1H3,(H2,17,18,20,24). The van der Waals surface area contributed by atoms with Crippen molar-refractivity contribution < 1.29 is 14.5 Å². The van der Waals surface area contributed by atoms with Crippen molar-refractivity contribution in [1.29, 1.82) is 0 Å². The molecule has 0 aliphatic rings. The Morgan fingerprint density at radius 1 is 1.25 bits per heavy atom. The summed E-state index contributed by atoms with van der Waals surface area (Å²) in [5.74, 6) is -0.0179. The summed E-state index contributed by atoms with van der Waals surface area (Å²) in [6.07, 6.45) is 0. The zero-order valence-electron chi connectivity index (χ0n) is 12.8. The largest absolute Gasteiger partial charge is 0.494 e. The lowest BCUT2D eigenvalue weighted by Crippen LogP contribution is -2.34. The van der Waals surface area contributed by atoms with Crippen LogP contribution in [0.4, 0.5) is 11.4 Å². The molecule has 24 heavy (non-hydrogen) atoms. The molecule has 0 radical (unpaired) electrons. The third-order valence-corrected chi connectivity index (χ3v) is 3.19. The zero-order chi connectivity index (χ0) is 17.5. The van der Waals surface area contributed by atoms with Gasteiger partial charge in [0.1, 0.15) is 11.4 Å². The molecule has 1 amide bonds. The van der Waals surface area contributed by atoms with E-state index in [0.717, 1.165) is 0 Å². The number of hydrogen-bond donors (Lipinski definition) is 2. The monoisotopic (exact) mass is 345 g/mol. The number of nitrogens with one attached hydrogen (secondary N) is 2. The van der Waals surface area contributed by atoms with Crippen molar-refractivity contribution in [3.05, 3.63) is 64.2 Å². The van der Waals surface area contributed by atoms with E-state index in [1.807, 2.05) is 0 Å². The Labute approximate surface area is 143 Å². The number of nitro groups is 1. The number of anilines is 1. The van der Waals surface area contributed by atoms with Crippen LogP contribution in [-0.2, 0) is 0 Å². The van der Waals surface area contributed by atoms with Crippen molar-refractivity contribution in [2.45, 2.75) is 6.92 Å². The second kappa shape index (κ2) is 8.02. The molecule has 0 saturated heterocycles. The smallest absolute Gasteiger partial charge is 0.296 e. The molecule has 124 valence electrons. The molecule has 7 nitrogen and oxygen atoms in total. The minimum atomic E-state index is -0.549. The van der Waals surface area contributed by atoms with Crippen LogP contribution in [0.2, 0.25) is 0 Å². The third-order valence-electron chi connectivity index (χ3n) is 2.99. The van der Waals surface area contributed by atoms with Crippen LogP contribution in [-0.4, -0.2) is 22.5 Å². The fourth-order valence-electron chi connectivity index (χ4n) is 1.94. The second-order valence-electron chi connectivity index (χ2n) is 4.64. The van der Waals surface area contributed by atoms with E-state index in [1.54, 1.807) is 43.3 Å². The van der Waals surface area contributed by atoms with Crippen LogP contribution in [0.1, 0.15) is 17.3 Å². The lowest BCUT2D eigenvalue weighted by Gasteiger charge is -2.11. The van der Waals surface area contributed by atoms with E-state index in [9.17, 15) is 14.9 Å². The quantitative estimate of drug-likeness (QED) is 0.491. The van der Waals surface area contributed by atoms with Crippen LogP contribution >= 0.6 is 12.2 Å². The van der Waals surface area contributed by atoms with Crippen LogP contribution in [0.25, 0.3) is 0 Å². The van der Waals surface area contributed by atoms with E-state index in [-0.39, 0.29) is 16.5 Å². The Balaban J connectivity index is 2.11. The highest BCUT2D eigenvalue weighted by atomic mass is 32.1. The van der Waals surface area contributed by atoms with E-state index < -0.39 is 10.8 Å². The van der Waals surface area contributed by atoms with E-state index in [2.05, 4.69) is 10.6 Å². The maximum absolute atomic E-state index is 12.0. The van der Waals surface area contributed by atoms with Gasteiger partial charge in [0.2, 0.25) is 0 Å². The summed E-state index contributed by atoms with van der Waals surface area (Å²) in [7, 11) is 0. The van der Waals surface area contributed by atoms with Gasteiger partial charge in [0.15, 0.2) is 5.11 Å². The number of amides is 1. The number of thiocarbonyl (C=S) groups is 1.